The van der Waals surface area contributed by atoms with Crippen LogP contribution in [0.4, 0.5) is 0 Å². The fourth-order valence-electron chi connectivity index (χ4n) is 8.46. The van der Waals surface area contributed by atoms with Crippen LogP contribution >= 0.6 is 0 Å². The van der Waals surface area contributed by atoms with E-state index in [1.165, 1.54) is 25.7 Å². The molecule has 8 bridgehead atoms. The first-order chi connectivity index (χ1) is 29.0. The molecule has 324 valence electrons. The third-order valence-electron chi connectivity index (χ3n) is 12.0. The third-order valence-corrected chi connectivity index (χ3v) is 12.0. The molecule has 9 nitrogen and oxygen atoms in total. The van der Waals surface area contributed by atoms with Gasteiger partial charge < -0.3 is 19.9 Å². The van der Waals surface area contributed by atoms with Crippen molar-refractivity contribution in [2.24, 2.45) is 26.8 Å². The molecular formula is C51H60N4NiO5. The maximum atomic E-state index is 13.6. The number of esters is 1. The molecule has 0 saturated carbocycles. The van der Waals surface area contributed by atoms with Crippen molar-refractivity contribution in [1.29, 1.82) is 0 Å². The Labute approximate surface area is 371 Å². The summed E-state index contributed by atoms with van der Waals surface area (Å²) in [6.45, 7) is 12.2. The van der Waals surface area contributed by atoms with E-state index in [1.807, 2.05) is 45.9 Å². The predicted molar refractivity (Wildman–Crippen MR) is 241 cm³/mol. The molecule has 5 aliphatic rings. The molecule has 6 rings (SSSR count). The van der Waals surface area contributed by atoms with E-state index in [0.717, 1.165) is 71.5 Å². The van der Waals surface area contributed by atoms with E-state index in [4.69, 9.17) is 24.7 Å². The monoisotopic (exact) mass is 866 g/mol. The van der Waals surface area contributed by atoms with Gasteiger partial charge in [-0.3, -0.25) is 14.6 Å². The number of carboxylic acid groups (broad SMARTS) is 1. The normalized spacial score (nSPS) is 19.7. The summed E-state index contributed by atoms with van der Waals surface area (Å²) in [5.74, 6) is -1.19. The summed E-state index contributed by atoms with van der Waals surface area (Å²) in [5, 5.41) is 24.5. The zero-order valence-corrected chi connectivity index (χ0v) is 37.6. The number of fused-ring (bicyclic) bond motifs is 5. The van der Waals surface area contributed by atoms with Crippen molar-refractivity contribution in [1.82, 2.24) is 4.98 Å². The standard InChI is InChI=1S/C51H62N4O5.Ni/c1-7-9-10-11-12-13-14-15-16-17-18-19-20-21-22-23-24-25-47(59)60-51-35(6)42-29-40-33(4)37(26-27-46(57)58)49(54-40)38-28-45(56)48-34(5)41(55-50(38)48)30-43-36(8-2)32(3)39(52-43)31-44(51)53-42;/h12-13,15-16,18-19,21-22,29-31,33,37H,7-11,14,17,20,23-28H2,1-6H3,(H3,52,53,54,55,56,57,58);/q;+2/p-2/b13-12+,16-15+,19-18+,22-21+;/t33-,37-;/m0./s1. The quantitative estimate of drug-likeness (QED) is 0.0637. The molecule has 0 fully saturated rings. The van der Waals surface area contributed by atoms with Crippen molar-refractivity contribution in [2.45, 2.75) is 131 Å². The van der Waals surface area contributed by atoms with Crippen LogP contribution in [-0.2, 0) is 30.8 Å². The second-order valence-corrected chi connectivity index (χ2v) is 16.2. The number of unbranched alkanes of at least 4 members (excludes halogenated alkanes) is 4. The Balaban J connectivity index is 0.00000704. The average molecular weight is 868 g/mol. The van der Waals surface area contributed by atoms with Gasteiger partial charge in [-0.15, -0.1) is 16.8 Å². The summed E-state index contributed by atoms with van der Waals surface area (Å²) >= 11 is 0. The number of carbonyl (C=O) groups excluding carboxylic acids is 1. The van der Waals surface area contributed by atoms with Crippen LogP contribution < -0.4 is 20.7 Å². The van der Waals surface area contributed by atoms with Crippen LogP contribution in [0.3, 0.4) is 0 Å². The van der Waals surface area contributed by atoms with E-state index in [2.05, 4.69) is 62.5 Å². The number of aliphatic imine (C=N–C) groups is 3. The second kappa shape index (κ2) is 22.1. The van der Waals surface area contributed by atoms with E-state index in [1.54, 1.807) is 0 Å². The molecule has 0 spiro atoms. The molecular weight excluding hydrogens is 807 g/mol. The van der Waals surface area contributed by atoms with Gasteiger partial charge in [-0.05, 0) is 119 Å². The summed E-state index contributed by atoms with van der Waals surface area (Å²) in [6, 6.07) is 0. The van der Waals surface area contributed by atoms with Gasteiger partial charge in [-0.25, -0.2) is 9.98 Å². The fraction of sp³-hybridized carbons (Fsp3) is 0.431. The van der Waals surface area contributed by atoms with Crippen LogP contribution in [0.15, 0.2) is 115 Å². The molecule has 1 aromatic rings. The summed E-state index contributed by atoms with van der Waals surface area (Å²) in [4.78, 5) is 45.4. The average Bonchev–Trinajstić information content (AvgIpc) is 3.97. The van der Waals surface area contributed by atoms with Gasteiger partial charge in [-0.2, -0.15) is 0 Å². The van der Waals surface area contributed by atoms with Crippen LogP contribution in [0, 0.1) is 18.8 Å². The SMILES string of the molecule is CCCCC/C=C/C/C=C/C/C=C/C/C=C/CCCC(=O)OC1=C(C)C2=NC1=CC1=NC(=Cc3[n-]c4c(c3C)=C([O-])CC=4C3=NC(=C2)[C@@H](C)[C@@H]3CCC(=O)O)C(CC)=C1C.[Ni+2]. The Morgan fingerprint density at radius 2 is 1.48 bits per heavy atom. The zero-order chi connectivity index (χ0) is 42.8. The largest absolute Gasteiger partial charge is 2.00 e. The van der Waals surface area contributed by atoms with Crippen molar-refractivity contribution >= 4 is 46.5 Å². The van der Waals surface area contributed by atoms with Crippen LogP contribution in [0.1, 0.15) is 136 Å². The Hall–Kier alpha value is -5.08. The molecule has 61 heavy (non-hydrogen) atoms. The first-order valence-corrected chi connectivity index (χ1v) is 21.9. The Bertz CT molecular complexity index is 2390. The Morgan fingerprint density at radius 3 is 2.13 bits per heavy atom. The minimum absolute atomic E-state index is 0. The van der Waals surface area contributed by atoms with Gasteiger partial charge in [0.2, 0.25) is 0 Å². The second-order valence-electron chi connectivity index (χ2n) is 16.2. The maximum absolute atomic E-state index is 13.6. The summed E-state index contributed by atoms with van der Waals surface area (Å²) in [7, 11) is 0. The number of hydrogen-bond donors (Lipinski definition) is 1. The number of allylic oxidation sites excluding steroid dienone is 14. The minimum atomic E-state index is -0.882. The molecule has 1 N–H and O–H groups in total. The number of carbonyl (C=O) groups is 2. The number of aliphatic carboxylic acids is 1. The third kappa shape index (κ3) is 11.3. The van der Waals surface area contributed by atoms with Crippen LogP contribution in [0.5, 0.6) is 0 Å². The molecule has 0 radical (unpaired) electrons. The van der Waals surface area contributed by atoms with Crippen molar-refractivity contribution in [2.75, 3.05) is 0 Å². The molecule has 1 aliphatic carbocycles. The number of aromatic nitrogens is 1. The van der Waals surface area contributed by atoms with Crippen LogP contribution in [0.25, 0.3) is 17.4 Å². The van der Waals surface area contributed by atoms with E-state index in [0.29, 0.717) is 57.6 Å². The number of nitrogens with zero attached hydrogens (tertiary/aromatic N) is 4. The van der Waals surface area contributed by atoms with Gasteiger partial charge >= 0.3 is 28.4 Å². The summed E-state index contributed by atoms with van der Waals surface area (Å²) in [5.41, 5.74) is 9.11. The fourth-order valence-corrected chi connectivity index (χ4v) is 8.46. The van der Waals surface area contributed by atoms with Gasteiger partial charge in [0.1, 0.15) is 5.70 Å². The first kappa shape index (κ1) is 47.0. The summed E-state index contributed by atoms with van der Waals surface area (Å²) < 4.78 is 6.13. The van der Waals surface area contributed by atoms with Gasteiger partial charge in [-0.1, -0.05) is 93.9 Å². The van der Waals surface area contributed by atoms with Crippen molar-refractivity contribution in [3.05, 3.63) is 122 Å². The number of rotatable bonds is 19. The van der Waals surface area contributed by atoms with Crippen LogP contribution in [-0.4, -0.2) is 34.2 Å². The van der Waals surface area contributed by atoms with Crippen molar-refractivity contribution < 1.29 is 41.0 Å². The minimum Gasteiger partial charge on any atom is -0.875 e. The number of carboxylic acids is 1. The topological polar surface area (TPSA) is 138 Å². The Kier molecular flexibility index (Phi) is 17.1. The molecule has 10 heteroatoms. The predicted octanol–water partition coefficient (Wildman–Crippen LogP) is 9.27. The first-order valence-electron chi connectivity index (χ1n) is 21.9. The van der Waals surface area contributed by atoms with Gasteiger partial charge in [0.25, 0.3) is 0 Å². The van der Waals surface area contributed by atoms with Crippen LogP contribution in [0.2, 0.25) is 0 Å². The van der Waals surface area contributed by atoms with Gasteiger partial charge in [0.05, 0.1) is 17.1 Å². The molecule has 0 unspecified atom stereocenters. The number of ether oxygens (including phenoxy) is 1. The molecule has 4 aliphatic heterocycles. The van der Waals surface area contributed by atoms with Crippen molar-refractivity contribution in [3.63, 3.8) is 0 Å². The van der Waals surface area contributed by atoms with Gasteiger partial charge in [0, 0.05) is 41.7 Å². The Morgan fingerprint density at radius 1 is 0.836 bits per heavy atom. The van der Waals surface area contributed by atoms with E-state index in [9.17, 15) is 19.8 Å². The zero-order valence-electron chi connectivity index (χ0n) is 36.6. The molecule has 1 aromatic heterocycles. The molecule has 2 atom stereocenters. The van der Waals surface area contributed by atoms with E-state index >= 15 is 0 Å². The van der Waals surface area contributed by atoms with E-state index in [-0.39, 0.29) is 59.3 Å². The summed E-state index contributed by atoms with van der Waals surface area (Å²) in [6.07, 6.45) is 34.0. The van der Waals surface area contributed by atoms with Gasteiger partial charge in [0.15, 0.2) is 5.76 Å². The molecule has 0 amide bonds. The van der Waals surface area contributed by atoms with Crippen molar-refractivity contribution in [3.8, 4) is 0 Å². The molecule has 5 heterocycles. The molecule has 0 aromatic carbocycles. The smallest absolute Gasteiger partial charge is 0.875 e. The molecule has 0 saturated heterocycles. The number of hydrogen-bond acceptors (Lipinski definition) is 7. The van der Waals surface area contributed by atoms with E-state index < -0.39 is 5.97 Å². The maximum Gasteiger partial charge on any atom is 2.00 e.